The Kier molecular flexibility index (Phi) is 13.2. The molecule has 2 atom stereocenters. The van der Waals surface area contributed by atoms with Crippen LogP contribution in [0.15, 0.2) is 0 Å². The number of quaternary nitrogens is 1. The first-order valence-electron chi connectivity index (χ1n) is 11.7. The number of rotatable bonds is 16. The molecule has 0 heterocycles. The van der Waals surface area contributed by atoms with Crippen LogP contribution in [-0.4, -0.2) is 13.1 Å². The van der Waals surface area contributed by atoms with Gasteiger partial charge in [-0.05, 0) is 25.2 Å². The molecule has 1 aromatic carbocycles. The molecule has 0 aliphatic carbocycles. The summed E-state index contributed by atoms with van der Waals surface area (Å²) in [4.78, 5) is 0.367. The van der Waals surface area contributed by atoms with E-state index in [2.05, 4.69) is 20.8 Å². The summed E-state index contributed by atoms with van der Waals surface area (Å²) in [7, 11) is 0. The summed E-state index contributed by atoms with van der Waals surface area (Å²) in [6.07, 6.45) is 12.1. The monoisotopic (exact) mass is 436 g/mol. The summed E-state index contributed by atoms with van der Waals surface area (Å²) in [6.45, 7) is 7.08. The van der Waals surface area contributed by atoms with E-state index in [0.717, 1.165) is 51.4 Å². The molecule has 0 amide bonds. The third-order valence-electron chi connectivity index (χ3n) is 6.04. The molecule has 0 radical (unpaired) electrons. The Balaban J connectivity index is 2.90. The average molecular weight is 437 g/mol. The van der Waals surface area contributed by atoms with Crippen LogP contribution in [0.2, 0.25) is 0 Å². The summed E-state index contributed by atoms with van der Waals surface area (Å²) >= 11 is 0. The minimum Gasteiger partial charge on any atom is -0.297 e. The zero-order chi connectivity index (χ0) is 22.5. The first-order valence-corrected chi connectivity index (χ1v) is 11.7. The second kappa shape index (κ2) is 14.8. The van der Waals surface area contributed by atoms with Crippen LogP contribution in [-0.2, 0) is 0 Å². The van der Waals surface area contributed by atoms with Gasteiger partial charge in [0, 0.05) is 0 Å². The molecule has 0 aliphatic rings. The highest BCUT2D eigenvalue weighted by Gasteiger charge is 2.32. The largest absolute Gasteiger partial charge is 0.297 e. The number of halogens is 5. The van der Waals surface area contributed by atoms with Crippen molar-refractivity contribution >= 4 is 5.69 Å². The van der Waals surface area contributed by atoms with Crippen LogP contribution < -0.4 is 4.90 Å². The van der Waals surface area contributed by atoms with Crippen molar-refractivity contribution in [3.63, 3.8) is 0 Å². The van der Waals surface area contributed by atoms with E-state index in [4.69, 9.17) is 0 Å². The number of nitrogens with one attached hydrogen (secondary N) is 1. The van der Waals surface area contributed by atoms with Gasteiger partial charge in [-0.1, -0.05) is 78.6 Å². The first-order chi connectivity index (χ1) is 14.4. The Hall–Kier alpha value is -1.17. The van der Waals surface area contributed by atoms with Crippen molar-refractivity contribution in [2.45, 2.75) is 97.8 Å². The maximum atomic E-state index is 14.4. The van der Waals surface area contributed by atoms with E-state index in [0.29, 0.717) is 36.7 Å². The lowest BCUT2D eigenvalue weighted by molar-refractivity contribution is -0.836. The molecule has 1 aromatic rings. The Morgan fingerprint density at radius 3 is 1.60 bits per heavy atom. The molecule has 0 aliphatic heterocycles. The molecule has 0 saturated carbocycles. The SMILES string of the molecule is CCCCCCCCC[NH+](CCC(CC)CCCC)c1c(F)c(F)c(F)c(F)c1F. The van der Waals surface area contributed by atoms with Gasteiger partial charge < -0.3 is 0 Å². The van der Waals surface area contributed by atoms with Crippen LogP contribution in [0.3, 0.4) is 0 Å². The topological polar surface area (TPSA) is 4.44 Å². The van der Waals surface area contributed by atoms with Crippen molar-refractivity contribution in [1.29, 1.82) is 0 Å². The number of benzene rings is 1. The molecule has 0 bridgehead atoms. The van der Waals surface area contributed by atoms with Crippen LogP contribution >= 0.6 is 0 Å². The molecule has 1 nitrogen and oxygen atoms in total. The molecular formula is C24H39F5N+. The fourth-order valence-corrected chi connectivity index (χ4v) is 4.01. The predicted molar refractivity (Wildman–Crippen MR) is 113 cm³/mol. The van der Waals surface area contributed by atoms with E-state index < -0.39 is 34.8 Å². The van der Waals surface area contributed by atoms with Crippen LogP contribution in [0, 0.1) is 35.0 Å². The molecule has 0 spiro atoms. The zero-order valence-electron chi connectivity index (χ0n) is 18.9. The third-order valence-corrected chi connectivity index (χ3v) is 6.04. The van der Waals surface area contributed by atoms with Crippen LogP contribution in [0.5, 0.6) is 0 Å². The fourth-order valence-electron chi connectivity index (χ4n) is 4.01. The molecule has 30 heavy (non-hydrogen) atoms. The van der Waals surface area contributed by atoms with Crippen molar-refractivity contribution in [1.82, 2.24) is 0 Å². The standard InChI is InChI=1S/C24H38F5N/c1-4-7-9-10-11-12-13-16-30(17-15-18(6-3)14-8-5-2)24-22(28)20(26)19(25)21(27)23(24)29/h18H,4-17H2,1-3H3/p+1. The Morgan fingerprint density at radius 1 is 0.567 bits per heavy atom. The summed E-state index contributed by atoms with van der Waals surface area (Å²) in [5.41, 5.74) is -0.692. The van der Waals surface area contributed by atoms with Crippen molar-refractivity contribution in [2.75, 3.05) is 13.1 Å². The normalized spacial score (nSPS) is 13.6. The van der Waals surface area contributed by atoms with Gasteiger partial charge in [-0.2, -0.15) is 8.78 Å². The van der Waals surface area contributed by atoms with Gasteiger partial charge in [0.1, 0.15) is 0 Å². The highest BCUT2D eigenvalue weighted by molar-refractivity contribution is 5.35. The lowest BCUT2D eigenvalue weighted by Gasteiger charge is -2.23. The molecule has 2 unspecified atom stereocenters. The van der Waals surface area contributed by atoms with Crippen molar-refractivity contribution in [3.8, 4) is 0 Å². The lowest BCUT2D eigenvalue weighted by atomic mass is 9.95. The maximum absolute atomic E-state index is 14.4. The minimum atomic E-state index is -2.08. The molecule has 0 fully saturated rings. The summed E-state index contributed by atoms with van der Waals surface area (Å²) in [5.74, 6) is -8.76. The van der Waals surface area contributed by atoms with Gasteiger partial charge in [0.2, 0.25) is 34.8 Å². The molecule has 0 saturated heterocycles. The molecule has 1 rings (SSSR count). The van der Waals surface area contributed by atoms with Gasteiger partial charge in [-0.3, -0.25) is 4.90 Å². The highest BCUT2D eigenvalue weighted by atomic mass is 19.2. The smallest absolute Gasteiger partial charge is 0.225 e. The highest BCUT2D eigenvalue weighted by Crippen LogP contribution is 2.25. The van der Waals surface area contributed by atoms with Gasteiger partial charge in [0.15, 0.2) is 0 Å². The van der Waals surface area contributed by atoms with Gasteiger partial charge in [0.25, 0.3) is 0 Å². The summed E-state index contributed by atoms with van der Waals surface area (Å²) < 4.78 is 69.9. The van der Waals surface area contributed by atoms with E-state index >= 15 is 0 Å². The minimum absolute atomic E-state index is 0.367. The van der Waals surface area contributed by atoms with Gasteiger partial charge in [-0.15, -0.1) is 0 Å². The number of hydrogen-bond acceptors (Lipinski definition) is 0. The second-order valence-electron chi connectivity index (χ2n) is 8.37. The van der Waals surface area contributed by atoms with E-state index in [1.165, 1.54) is 12.8 Å². The molecule has 0 aromatic heterocycles. The fraction of sp³-hybridized carbons (Fsp3) is 0.750. The van der Waals surface area contributed by atoms with Crippen LogP contribution in [0.4, 0.5) is 27.6 Å². The summed E-state index contributed by atoms with van der Waals surface area (Å²) in [6, 6.07) is 0. The molecule has 1 N–H and O–H groups in total. The number of hydrogen-bond donors (Lipinski definition) is 1. The Bertz CT molecular complexity index is 591. The van der Waals surface area contributed by atoms with Gasteiger partial charge in [-0.25, -0.2) is 13.2 Å². The number of unbranched alkanes of at least 4 members (excludes halogenated alkanes) is 7. The van der Waals surface area contributed by atoms with Crippen molar-refractivity contribution < 1.29 is 26.9 Å². The first kappa shape index (κ1) is 26.9. The van der Waals surface area contributed by atoms with Crippen molar-refractivity contribution in [3.05, 3.63) is 29.1 Å². The molecule has 6 heteroatoms. The van der Waals surface area contributed by atoms with Gasteiger partial charge in [0.05, 0.1) is 13.1 Å². The molecule has 174 valence electrons. The zero-order valence-corrected chi connectivity index (χ0v) is 18.9. The maximum Gasteiger partial charge on any atom is 0.225 e. The lowest BCUT2D eigenvalue weighted by Crippen LogP contribution is -3.08. The summed E-state index contributed by atoms with van der Waals surface area (Å²) in [5, 5.41) is 0. The quantitative estimate of drug-likeness (QED) is 0.120. The van der Waals surface area contributed by atoms with Crippen molar-refractivity contribution in [2.24, 2.45) is 5.92 Å². The van der Waals surface area contributed by atoms with Crippen LogP contribution in [0.1, 0.15) is 97.8 Å². The van der Waals surface area contributed by atoms with E-state index in [9.17, 15) is 22.0 Å². The third kappa shape index (κ3) is 8.16. The second-order valence-corrected chi connectivity index (χ2v) is 8.37. The molecular weight excluding hydrogens is 397 g/mol. The van der Waals surface area contributed by atoms with E-state index in [1.54, 1.807) is 0 Å². The van der Waals surface area contributed by atoms with Gasteiger partial charge >= 0.3 is 0 Å². The van der Waals surface area contributed by atoms with E-state index in [1.807, 2.05) is 0 Å². The predicted octanol–water partition coefficient (Wildman–Crippen LogP) is 7.26. The average Bonchev–Trinajstić information content (AvgIpc) is 2.75. The van der Waals surface area contributed by atoms with E-state index in [-0.39, 0.29) is 0 Å². The van der Waals surface area contributed by atoms with Crippen LogP contribution in [0.25, 0.3) is 0 Å². The Morgan fingerprint density at radius 2 is 1.07 bits per heavy atom. The Labute approximate surface area is 179 Å².